The van der Waals surface area contributed by atoms with Gasteiger partial charge < -0.3 is 9.73 Å². The summed E-state index contributed by atoms with van der Waals surface area (Å²) in [6.07, 6.45) is 1.42. The fraction of sp³-hybridized carbons (Fsp3) is 0. The minimum Gasteiger partial charge on any atom is -0.459 e. The van der Waals surface area contributed by atoms with Gasteiger partial charge in [-0.15, -0.1) is 0 Å². The Morgan fingerprint density at radius 2 is 1.74 bits per heavy atom. The SMILES string of the molecule is O=C(Nc1ccc(Br)cc1C(=O)c1ccccc1)c1ccco1. The molecule has 0 unspecified atom stereocenters. The molecule has 0 spiro atoms. The van der Waals surface area contributed by atoms with E-state index in [9.17, 15) is 9.59 Å². The van der Waals surface area contributed by atoms with Crippen molar-refractivity contribution in [3.63, 3.8) is 0 Å². The first-order valence-corrected chi connectivity index (χ1v) is 7.68. The predicted octanol–water partition coefficient (Wildman–Crippen LogP) is 4.53. The fourth-order valence-electron chi connectivity index (χ4n) is 2.15. The first-order chi connectivity index (χ1) is 11.1. The van der Waals surface area contributed by atoms with Crippen LogP contribution >= 0.6 is 15.9 Å². The Bertz CT molecular complexity index is 842. The number of rotatable bonds is 4. The summed E-state index contributed by atoms with van der Waals surface area (Å²) in [7, 11) is 0. The number of ketones is 1. The Morgan fingerprint density at radius 3 is 2.43 bits per heavy atom. The standard InChI is InChI=1S/C18H12BrNO3/c19-13-8-9-15(20-18(22)16-7-4-10-23-16)14(11-13)17(21)12-5-2-1-3-6-12/h1-11H,(H,20,22). The zero-order valence-corrected chi connectivity index (χ0v) is 13.5. The van der Waals surface area contributed by atoms with Crippen LogP contribution in [0.15, 0.2) is 75.8 Å². The Kier molecular flexibility index (Phi) is 4.39. The first kappa shape index (κ1) is 15.2. The lowest BCUT2D eigenvalue weighted by Crippen LogP contribution is -2.14. The maximum atomic E-state index is 12.7. The third-order valence-electron chi connectivity index (χ3n) is 3.26. The van der Waals surface area contributed by atoms with Gasteiger partial charge in [0.25, 0.3) is 5.91 Å². The van der Waals surface area contributed by atoms with E-state index >= 15 is 0 Å². The number of furan rings is 1. The molecular weight excluding hydrogens is 358 g/mol. The van der Waals surface area contributed by atoms with Crippen LogP contribution in [-0.4, -0.2) is 11.7 Å². The van der Waals surface area contributed by atoms with Crippen LogP contribution in [0, 0.1) is 0 Å². The molecule has 1 heterocycles. The van der Waals surface area contributed by atoms with E-state index in [1.54, 1.807) is 54.6 Å². The van der Waals surface area contributed by atoms with E-state index in [1.807, 2.05) is 6.07 Å². The second-order valence-corrected chi connectivity index (χ2v) is 5.73. The Hall–Kier alpha value is -2.66. The van der Waals surface area contributed by atoms with Gasteiger partial charge in [0.15, 0.2) is 11.5 Å². The first-order valence-electron chi connectivity index (χ1n) is 6.89. The second kappa shape index (κ2) is 6.62. The van der Waals surface area contributed by atoms with E-state index < -0.39 is 5.91 Å². The minimum absolute atomic E-state index is 0.165. The molecule has 0 saturated heterocycles. The van der Waals surface area contributed by atoms with Crippen LogP contribution in [0.5, 0.6) is 0 Å². The van der Waals surface area contributed by atoms with Gasteiger partial charge in [0, 0.05) is 15.6 Å². The molecule has 0 aliphatic carbocycles. The smallest absolute Gasteiger partial charge is 0.291 e. The van der Waals surface area contributed by atoms with Crippen molar-refractivity contribution in [3.8, 4) is 0 Å². The van der Waals surface area contributed by atoms with E-state index in [0.717, 1.165) is 4.47 Å². The van der Waals surface area contributed by atoms with Crippen molar-refractivity contribution in [2.75, 3.05) is 5.32 Å². The van der Waals surface area contributed by atoms with Crippen molar-refractivity contribution < 1.29 is 14.0 Å². The monoisotopic (exact) mass is 369 g/mol. The highest BCUT2D eigenvalue weighted by molar-refractivity contribution is 9.10. The lowest BCUT2D eigenvalue weighted by atomic mass is 10.0. The van der Waals surface area contributed by atoms with Crippen LogP contribution in [0.4, 0.5) is 5.69 Å². The van der Waals surface area contributed by atoms with Crippen molar-refractivity contribution in [1.82, 2.24) is 0 Å². The predicted molar refractivity (Wildman–Crippen MR) is 90.7 cm³/mol. The lowest BCUT2D eigenvalue weighted by molar-refractivity contribution is 0.0996. The molecule has 2 aromatic carbocycles. The molecule has 1 N–H and O–H groups in total. The number of hydrogen-bond acceptors (Lipinski definition) is 3. The summed E-state index contributed by atoms with van der Waals surface area (Å²) >= 11 is 3.36. The number of hydrogen-bond donors (Lipinski definition) is 1. The summed E-state index contributed by atoms with van der Waals surface area (Å²) in [6, 6.07) is 17.2. The maximum absolute atomic E-state index is 12.7. The molecule has 0 aliphatic rings. The van der Waals surface area contributed by atoms with Crippen molar-refractivity contribution in [2.45, 2.75) is 0 Å². The molecule has 1 aromatic heterocycles. The van der Waals surface area contributed by atoms with Crippen LogP contribution in [0.1, 0.15) is 26.5 Å². The molecule has 4 nitrogen and oxygen atoms in total. The normalized spacial score (nSPS) is 10.3. The summed E-state index contributed by atoms with van der Waals surface area (Å²) in [6.45, 7) is 0. The molecule has 0 atom stereocenters. The van der Waals surface area contributed by atoms with Gasteiger partial charge in [-0.2, -0.15) is 0 Å². The van der Waals surface area contributed by atoms with Gasteiger partial charge in [0.2, 0.25) is 0 Å². The van der Waals surface area contributed by atoms with E-state index in [2.05, 4.69) is 21.2 Å². The molecular formula is C18H12BrNO3. The quantitative estimate of drug-likeness (QED) is 0.687. The molecule has 3 rings (SSSR count). The van der Waals surface area contributed by atoms with E-state index in [-0.39, 0.29) is 11.5 Å². The third-order valence-corrected chi connectivity index (χ3v) is 3.75. The number of carbonyl (C=O) groups excluding carboxylic acids is 2. The number of anilines is 1. The summed E-state index contributed by atoms with van der Waals surface area (Å²) in [5.41, 5.74) is 1.40. The Balaban J connectivity index is 1.95. The van der Waals surface area contributed by atoms with Crippen molar-refractivity contribution in [3.05, 3.63) is 88.3 Å². The average molecular weight is 370 g/mol. The highest BCUT2D eigenvalue weighted by atomic mass is 79.9. The number of halogens is 1. The van der Waals surface area contributed by atoms with Crippen LogP contribution in [0.25, 0.3) is 0 Å². The van der Waals surface area contributed by atoms with Gasteiger partial charge >= 0.3 is 0 Å². The van der Waals surface area contributed by atoms with Gasteiger partial charge in [-0.25, -0.2) is 0 Å². The summed E-state index contributed by atoms with van der Waals surface area (Å²) in [5.74, 6) is -0.382. The number of nitrogens with one attached hydrogen (secondary N) is 1. The zero-order chi connectivity index (χ0) is 16.2. The summed E-state index contributed by atoms with van der Waals surface area (Å²) in [4.78, 5) is 24.8. The van der Waals surface area contributed by atoms with Crippen LogP contribution < -0.4 is 5.32 Å². The molecule has 3 aromatic rings. The van der Waals surface area contributed by atoms with Gasteiger partial charge in [0.1, 0.15) is 0 Å². The molecule has 0 saturated carbocycles. The molecule has 0 radical (unpaired) electrons. The molecule has 0 aliphatic heterocycles. The average Bonchev–Trinajstić information content (AvgIpc) is 3.11. The Labute approximate surface area is 141 Å². The minimum atomic E-state index is -0.403. The third kappa shape index (κ3) is 3.40. The number of benzene rings is 2. The summed E-state index contributed by atoms with van der Waals surface area (Å²) < 4.78 is 5.83. The highest BCUT2D eigenvalue weighted by Gasteiger charge is 2.17. The van der Waals surface area contributed by atoms with E-state index in [0.29, 0.717) is 16.8 Å². The van der Waals surface area contributed by atoms with Gasteiger partial charge in [-0.3, -0.25) is 9.59 Å². The fourth-order valence-corrected chi connectivity index (χ4v) is 2.51. The van der Waals surface area contributed by atoms with Gasteiger partial charge in [0.05, 0.1) is 12.0 Å². The van der Waals surface area contributed by atoms with E-state index in [4.69, 9.17) is 4.42 Å². The molecule has 0 bridgehead atoms. The topological polar surface area (TPSA) is 59.3 Å². The lowest BCUT2D eigenvalue weighted by Gasteiger charge is -2.10. The highest BCUT2D eigenvalue weighted by Crippen LogP contribution is 2.24. The molecule has 0 fully saturated rings. The van der Waals surface area contributed by atoms with Crippen molar-refractivity contribution in [2.24, 2.45) is 0 Å². The number of amides is 1. The second-order valence-electron chi connectivity index (χ2n) is 4.82. The zero-order valence-electron chi connectivity index (χ0n) is 12.0. The van der Waals surface area contributed by atoms with Gasteiger partial charge in [-0.05, 0) is 30.3 Å². The largest absolute Gasteiger partial charge is 0.459 e. The van der Waals surface area contributed by atoms with Gasteiger partial charge in [-0.1, -0.05) is 46.3 Å². The van der Waals surface area contributed by atoms with Crippen molar-refractivity contribution in [1.29, 1.82) is 0 Å². The number of carbonyl (C=O) groups is 2. The van der Waals surface area contributed by atoms with E-state index in [1.165, 1.54) is 6.26 Å². The molecule has 5 heteroatoms. The van der Waals surface area contributed by atoms with Crippen LogP contribution in [0.3, 0.4) is 0 Å². The molecule has 1 amide bonds. The molecule has 114 valence electrons. The Morgan fingerprint density at radius 1 is 0.957 bits per heavy atom. The summed E-state index contributed by atoms with van der Waals surface area (Å²) in [5, 5.41) is 2.72. The maximum Gasteiger partial charge on any atom is 0.291 e. The van der Waals surface area contributed by atoms with Crippen LogP contribution in [-0.2, 0) is 0 Å². The van der Waals surface area contributed by atoms with Crippen molar-refractivity contribution >= 4 is 33.3 Å². The van der Waals surface area contributed by atoms with Crippen LogP contribution in [0.2, 0.25) is 0 Å². The molecule has 23 heavy (non-hydrogen) atoms.